The first-order valence-electron chi connectivity index (χ1n) is 8.69. The summed E-state index contributed by atoms with van der Waals surface area (Å²) in [6, 6.07) is 10.6. The molecular formula is C20H19FN4O2S. The molecule has 8 heteroatoms. The van der Waals surface area contributed by atoms with Gasteiger partial charge in [-0.3, -0.25) is 9.59 Å². The second-order valence-corrected chi connectivity index (χ2v) is 6.89. The number of hydrogen-bond acceptors (Lipinski definition) is 5. The molecule has 2 aromatic heterocycles. The highest BCUT2D eigenvalue weighted by Gasteiger charge is 2.14. The van der Waals surface area contributed by atoms with Crippen molar-refractivity contribution in [2.24, 2.45) is 0 Å². The standard InChI is InChI=1S/C20H19FN4O2S/c1-3-17(26)25(2)15-8-6-13(7-9-15)20-24-16(12-28-20)19(27)23-11-14-5-4-10-22-18(14)21/h4-10,12H,3,11H2,1-2H3,(H,23,27). The fraction of sp³-hybridized carbons (Fsp3) is 0.200. The van der Waals surface area contributed by atoms with Crippen molar-refractivity contribution in [1.29, 1.82) is 0 Å². The van der Waals surface area contributed by atoms with Gasteiger partial charge in [-0.1, -0.05) is 13.0 Å². The van der Waals surface area contributed by atoms with E-state index in [1.165, 1.54) is 17.5 Å². The monoisotopic (exact) mass is 398 g/mol. The lowest BCUT2D eigenvalue weighted by atomic mass is 10.2. The summed E-state index contributed by atoms with van der Waals surface area (Å²) in [5.74, 6) is -0.949. The highest BCUT2D eigenvalue weighted by Crippen LogP contribution is 2.26. The fourth-order valence-corrected chi connectivity index (χ4v) is 3.34. The van der Waals surface area contributed by atoms with Crippen LogP contribution in [0.3, 0.4) is 0 Å². The quantitative estimate of drug-likeness (QED) is 0.643. The van der Waals surface area contributed by atoms with Crippen LogP contribution in [0.15, 0.2) is 48.0 Å². The van der Waals surface area contributed by atoms with Crippen molar-refractivity contribution in [3.63, 3.8) is 0 Å². The van der Waals surface area contributed by atoms with Gasteiger partial charge in [-0.25, -0.2) is 9.97 Å². The number of aromatic nitrogens is 2. The molecule has 0 saturated carbocycles. The Bertz CT molecular complexity index is 988. The van der Waals surface area contributed by atoms with Crippen LogP contribution in [0.4, 0.5) is 10.1 Å². The van der Waals surface area contributed by atoms with Crippen LogP contribution in [0.5, 0.6) is 0 Å². The molecule has 0 fully saturated rings. The number of carbonyl (C=O) groups is 2. The zero-order chi connectivity index (χ0) is 20.1. The predicted molar refractivity (Wildman–Crippen MR) is 107 cm³/mol. The summed E-state index contributed by atoms with van der Waals surface area (Å²) < 4.78 is 13.5. The second-order valence-electron chi connectivity index (χ2n) is 6.03. The number of rotatable bonds is 6. The van der Waals surface area contributed by atoms with E-state index in [2.05, 4.69) is 15.3 Å². The number of thiazole rings is 1. The Labute approximate surface area is 166 Å². The highest BCUT2D eigenvalue weighted by atomic mass is 32.1. The molecule has 1 N–H and O–H groups in total. The molecule has 0 radical (unpaired) electrons. The Morgan fingerprint density at radius 2 is 1.96 bits per heavy atom. The van der Waals surface area contributed by atoms with Crippen LogP contribution in [-0.4, -0.2) is 28.8 Å². The number of amides is 2. The molecule has 2 amide bonds. The molecule has 0 unspecified atom stereocenters. The van der Waals surface area contributed by atoms with Gasteiger partial charge in [0.05, 0.1) is 0 Å². The zero-order valence-corrected chi connectivity index (χ0v) is 16.3. The Morgan fingerprint density at radius 1 is 1.21 bits per heavy atom. The normalized spacial score (nSPS) is 10.5. The molecule has 3 aromatic rings. The van der Waals surface area contributed by atoms with Crippen molar-refractivity contribution >= 4 is 28.8 Å². The summed E-state index contributed by atoms with van der Waals surface area (Å²) in [6.07, 6.45) is 1.79. The van der Waals surface area contributed by atoms with Gasteiger partial charge >= 0.3 is 0 Å². The van der Waals surface area contributed by atoms with Gasteiger partial charge in [0.1, 0.15) is 10.7 Å². The maximum atomic E-state index is 13.5. The van der Waals surface area contributed by atoms with E-state index in [4.69, 9.17) is 0 Å². The molecule has 6 nitrogen and oxygen atoms in total. The molecule has 0 spiro atoms. The number of pyridine rings is 1. The van der Waals surface area contributed by atoms with Crippen LogP contribution in [0.25, 0.3) is 10.6 Å². The summed E-state index contributed by atoms with van der Waals surface area (Å²) in [5.41, 5.74) is 2.23. The zero-order valence-electron chi connectivity index (χ0n) is 15.5. The van der Waals surface area contributed by atoms with E-state index in [-0.39, 0.29) is 24.1 Å². The van der Waals surface area contributed by atoms with E-state index < -0.39 is 5.95 Å². The molecule has 28 heavy (non-hydrogen) atoms. The molecular weight excluding hydrogens is 379 g/mol. The van der Waals surface area contributed by atoms with E-state index >= 15 is 0 Å². The number of carbonyl (C=O) groups excluding carboxylic acids is 2. The molecule has 0 bridgehead atoms. The minimum atomic E-state index is -0.603. The van der Waals surface area contributed by atoms with Crippen LogP contribution in [0.2, 0.25) is 0 Å². The van der Waals surface area contributed by atoms with Gasteiger partial charge in [0, 0.05) is 48.4 Å². The maximum Gasteiger partial charge on any atom is 0.271 e. The van der Waals surface area contributed by atoms with Gasteiger partial charge < -0.3 is 10.2 Å². The Balaban J connectivity index is 1.67. The van der Waals surface area contributed by atoms with Crippen molar-refractivity contribution < 1.29 is 14.0 Å². The maximum absolute atomic E-state index is 13.5. The summed E-state index contributed by atoms with van der Waals surface area (Å²) in [4.78, 5) is 33.6. The predicted octanol–water partition coefficient (Wildman–Crippen LogP) is 3.65. The number of benzene rings is 1. The first-order valence-corrected chi connectivity index (χ1v) is 9.57. The minimum absolute atomic E-state index is 0.0333. The summed E-state index contributed by atoms with van der Waals surface area (Å²) in [6.45, 7) is 1.86. The first kappa shape index (κ1) is 19.6. The number of hydrogen-bond donors (Lipinski definition) is 1. The summed E-state index contributed by atoms with van der Waals surface area (Å²) >= 11 is 1.34. The van der Waals surface area contributed by atoms with E-state index in [1.54, 1.807) is 29.5 Å². The van der Waals surface area contributed by atoms with Crippen LogP contribution in [0, 0.1) is 5.95 Å². The van der Waals surface area contributed by atoms with Gasteiger partial charge in [-0.15, -0.1) is 11.3 Å². The number of nitrogens with zero attached hydrogens (tertiary/aromatic N) is 3. The Morgan fingerprint density at radius 3 is 2.64 bits per heavy atom. The molecule has 0 aliphatic carbocycles. The van der Waals surface area contributed by atoms with Crippen LogP contribution in [-0.2, 0) is 11.3 Å². The Kier molecular flexibility index (Phi) is 6.10. The van der Waals surface area contributed by atoms with E-state index in [0.717, 1.165) is 11.3 Å². The Hall–Kier alpha value is -3.13. The molecule has 2 heterocycles. The summed E-state index contributed by atoms with van der Waals surface area (Å²) in [7, 11) is 1.73. The average molecular weight is 398 g/mol. The molecule has 0 atom stereocenters. The van der Waals surface area contributed by atoms with Crippen LogP contribution >= 0.6 is 11.3 Å². The van der Waals surface area contributed by atoms with E-state index in [1.807, 2.05) is 31.2 Å². The van der Waals surface area contributed by atoms with Crippen molar-refractivity contribution in [1.82, 2.24) is 15.3 Å². The molecule has 1 aromatic carbocycles. The van der Waals surface area contributed by atoms with Gasteiger partial charge in [0.2, 0.25) is 11.9 Å². The highest BCUT2D eigenvalue weighted by molar-refractivity contribution is 7.13. The first-order chi connectivity index (χ1) is 13.5. The minimum Gasteiger partial charge on any atom is -0.346 e. The number of anilines is 1. The fourth-order valence-electron chi connectivity index (χ4n) is 2.54. The van der Waals surface area contributed by atoms with E-state index in [0.29, 0.717) is 17.0 Å². The number of halogens is 1. The lowest BCUT2D eigenvalue weighted by molar-refractivity contribution is -0.118. The van der Waals surface area contributed by atoms with Gasteiger partial charge in [0.15, 0.2) is 0 Å². The van der Waals surface area contributed by atoms with Gasteiger partial charge in [-0.05, 0) is 30.3 Å². The van der Waals surface area contributed by atoms with Gasteiger partial charge in [-0.2, -0.15) is 4.39 Å². The van der Waals surface area contributed by atoms with Crippen molar-refractivity contribution in [2.75, 3.05) is 11.9 Å². The largest absolute Gasteiger partial charge is 0.346 e. The third-order valence-corrected chi connectivity index (χ3v) is 5.08. The lowest BCUT2D eigenvalue weighted by Gasteiger charge is -2.16. The number of nitrogens with one attached hydrogen (secondary N) is 1. The van der Waals surface area contributed by atoms with E-state index in [9.17, 15) is 14.0 Å². The van der Waals surface area contributed by atoms with Crippen molar-refractivity contribution in [2.45, 2.75) is 19.9 Å². The third-order valence-electron chi connectivity index (χ3n) is 4.19. The molecule has 144 valence electrons. The van der Waals surface area contributed by atoms with Crippen LogP contribution in [0.1, 0.15) is 29.4 Å². The molecule has 0 aliphatic heterocycles. The molecule has 0 saturated heterocycles. The summed E-state index contributed by atoms with van der Waals surface area (Å²) in [5, 5.41) is 4.99. The second kappa shape index (κ2) is 8.71. The lowest BCUT2D eigenvalue weighted by Crippen LogP contribution is -2.24. The topological polar surface area (TPSA) is 75.2 Å². The van der Waals surface area contributed by atoms with Crippen molar-refractivity contribution in [3.8, 4) is 10.6 Å². The van der Waals surface area contributed by atoms with Gasteiger partial charge in [0.25, 0.3) is 5.91 Å². The molecule has 0 aliphatic rings. The third kappa shape index (κ3) is 4.40. The smallest absolute Gasteiger partial charge is 0.271 e. The SMILES string of the molecule is CCC(=O)N(C)c1ccc(-c2nc(C(=O)NCc3cccnc3F)cs2)cc1. The van der Waals surface area contributed by atoms with Crippen molar-refractivity contribution in [3.05, 3.63) is 65.2 Å². The van der Waals surface area contributed by atoms with Crippen LogP contribution < -0.4 is 10.2 Å². The molecule has 3 rings (SSSR count). The average Bonchev–Trinajstić information content (AvgIpc) is 3.22.